The van der Waals surface area contributed by atoms with Crippen molar-refractivity contribution in [1.82, 2.24) is 5.32 Å². The zero-order valence-corrected chi connectivity index (χ0v) is 12.6. The van der Waals surface area contributed by atoms with Crippen LogP contribution in [0, 0.1) is 0 Å². The molecule has 0 saturated heterocycles. The second-order valence-electron chi connectivity index (χ2n) is 5.41. The molecular weight excluding hydrogens is 363 g/mol. The molecular formula is C14H12F7NO3. The van der Waals surface area contributed by atoms with Gasteiger partial charge in [-0.15, -0.1) is 0 Å². The molecule has 1 N–H and O–H groups in total. The van der Waals surface area contributed by atoms with Crippen molar-refractivity contribution >= 4 is 5.91 Å². The summed E-state index contributed by atoms with van der Waals surface area (Å²) in [5.74, 6) is -14.3. The minimum atomic E-state index is -6.56. The highest BCUT2D eigenvalue weighted by Crippen LogP contribution is 2.46. The highest BCUT2D eigenvalue weighted by atomic mass is 19.4. The van der Waals surface area contributed by atoms with Crippen molar-refractivity contribution in [2.45, 2.75) is 37.4 Å². The van der Waals surface area contributed by atoms with E-state index in [9.17, 15) is 35.5 Å². The molecule has 1 aliphatic heterocycles. The zero-order chi connectivity index (χ0) is 19.0. The van der Waals surface area contributed by atoms with Crippen molar-refractivity contribution in [2.75, 3.05) is 6.79 Å². The molecule has 25 heavy (non-hydrogen) atoms. The van der Waals surface area contributed by atoms with Gasteiger partial charge in [0.25, 0.3) is 5.91 Å². The van der Waals surface area contributed by atoms with Crippen LogP contribution in [-0.4, -0.2) is 36.8 Å². The minimum Gasteiger partial charge on any atom is -0.454 e. The van der Waals surface area contributed by atoms with E-state index in [0.29, 0.717) is 17.1 Å². The fourth-order valence-electron chi connectivity index (χ4n) is 2.11. The molecule has 0 bridgehead atoms. The van der Waals surface area contributed by atoms with Crippen LogP contribution in [0.25, 0.3) is 0 Å². The van der Waals surface area contributed by atoms with E-state index in [0.717, 1.165) is 0 Å². The number of ether oxygens (including phenoxy) is 2. The molecule has 11 heteroatoms. The van der Waals surface area contributed by atoms with Gasteiger partial charge >= 0.3 is 18.0 Å². The SMILES string of the molecule is CC(Cc1ccc2c(c1)OCO2)NC(=O)C(F)(F)C(F)(F)C(F)(F)F. The van der Waals surface area contributed by atoms with Gasteiger partial charge in [-0.25, -0.2) is 0 Å². The maximum atomic E-state index is 13.3. The predicted octanol–water partition coefficient (Wildman–Crippen LogP) is 3.30. The number of carbonyl (C=O) groups is 1. The average Bonchev–Trinajstić information content (AvgIpc) is 2.93. The van der Waals surface area contributed by atoms with Gasteiger partial charge in [0.05, 0.1) is 0 Å². The first kappa shape index (κ1) is 19.1. The minimum absolute atomic E-state index is 0.0101. The molecule has 1 aromatic carbocycles. The lowest BCUT2D eigenvalue weighted by Gasteiger charge is -2.28. The van der Waals surface area contributed by atoms with Crippen LogP contribution in [0.4, 0.5) is 30.7 Å². The lowest BCUT2D eigenvalue weighted by Crippen LogP contribution is -2.60. The molecule has 0 saturated carbocycles. The summed E-state index contributed by atoms with van der Waals surface area (Å²) in [5.41, 5.74) is 0.475. The number of alkyl halides is 7. The van der Waals surface area contributed by atoms with Crippen molar-refractivity contribution in [3.05, 3.63) is 23.8 Å². The van der Waals surface area contributed by atoms with Crippen molar-refractivity contribution < 1.29 is 45.0 Å². The van der Waals surface area contributed by atoms with Gasteiger partial charge in [0.15, 0.2) is 11.5 Å². The van der Waals surface area contributed by atoms with Gasteiger partial charge in [0, 0.05) is 6.04 Å². The molecule has 1 aromatic rings. The van der Waals surface area contributed by atoms with Gasteiger partial charge in [-0.2, -0.15) is 30.7 Å². The van der Waals surface area contributed by atoms with Crippen molar-refractivity contribution in [2.24, 2.45) is 0 Å². The van der Waals surface area contributed by atoms with E-state index in [1.54, 1.807) is 0 Å². The predicted molar refractivity (Wildman–Crippen MR) is 69.8 cm³/mol. The van der Waals surface area contributed by atoms with Gasteiger partial charge in [0.2, 0.25) is 6.79 Å². The Bertz CT molecular complexity index is 660. The van der Waals surface area contributed by atoms with E-state index in [1.807, 2.05) is 0 Å². The summed E-state index contributed by atoms with van der Waals surface area (Å²) in [6, 6.07) is 3.37. The average molecular weight is 375 g/mol. The molecule has 0 aromatic heterocycles. The van der Waals surface area contributed by atoms with E-state index >= 15 is 0 Å². The first-order chi connectivity index (χ1) is 11.4. The molecule has 1 amide bonds. The standard InChI is InChI=1S/C14H12F7NO3/c1-7(4-8-2-3-9-10(5-8)25-6-24-9)22-11(23)12(15,16)13(17,18)14(19,20)21/h2-3,5,7H,4,6H2,1H3,(H,22,23). The summed E-state index contributed by atoms with van der Waals surface area (Å²) in [5, 5.41) is 1.47. The summed E-state index contributed by atoms with van der Waals surface area (Å²) >= 11 is 0. The summed E-state index contributed by atoms with van der Waals surface area (Å²) in [6.07, 6.45) is -6.66. The van der Waals surface area contributed by atoms with Gasteiger partial charge in [-0.3, -0.25) is 4.79 Å². The number of hydrogen-bond acceptors (Lipinski definition) is 3. The fourth-order valence-corrected chi connectivity index (χ4v) is 2.11. The number of carbonyl (C=O) groups excluding carboxylic acids is 1. The molecule has 1 aliphatic rings. The Morgan fingerprint density at radius 3 is 2.32 bits per heavy atom. The van der Waals surface area contributed by atoms with Crippen molar-refractivity contribution in [3.8, 4) is 11.5 Å². The van der Waals surface area contributed by atoms with Crippen molar-refractivity contribution in [3.63, 3.8) is 0 Å². The Morgan fingerprint density at radius 1 is 1.12 bits per heavy atom. The molecule has 140 valence electrons. The van der Waals surface area contributed by atoms with Crippen LogP contribution in [0.3, 0.4) is 0 Å². The highest BCUT2D eigenvalue weighted by molar-refractivity contribution is 5.85. The highest BCUT2D eigenvalue weighted by Gasteiger charge is 2.76. The topological polar surface area (TPSA) is 47.6 Å². The first-order valence-corrected chi connectivity index (χ1v) is 6.88. The molecule has 1 atom stereocenters. The molecule has 1 unspecified atom stereocenters. The molecule has 0 spiro atoms. The lowest BCUT2D eigenvalue weighted by molar-refractivity contribution is -0.344. The van der Waals surface area contributed by atoms with Gasteiger partial charge in [0.1, 0.15) is 0 Å². The monoisotopic (exact) mass is 375 g/mol. The molecule has 0 fully saturated rings. The van der Waals surface area contributed by atoms with Gasteiger partial charge in [-0.05, 0) is 31.0 Å². The van der Waals surface area contributed by atoms with Crippen LogP contribution in [0.2, 0.25) is 0 Å². The zero-order valence-electron chi connectivity index (χ0n) is 12.6. The number of nitrogens with one attached hydrogen (secondary N) is 1. The Morgan fingerprint density at radius 2 is 1.72 bits per heavy atom. The Labute approximate surface area is 136 Å². The van der Waals surface area contributed by atoms with Gasteiger partial charge < -0.3 is 14.8 Å². The van der Waals surface area contributed by atoms with Crippen LogP contribution < -0.4 is 14.8 Å². The molecule has 2 rings (SSSR count). The second kappa shape index (κ2) is 6.26. The number of benzene rings is 1. The number of amides is 1. The van der Waals surface area contributed by atoms with E-state index in [-0.39, 0.29) is 13.2 Å². The van der Waals surface area contributed by atoms with E-state index in [4.69, 9.17) is 9.47 Å². The van der Waals surface area contributed by atoms with Crippen molar-refractivity contribution in [1.29, 1.82) is 0 Å². The van der Waals surface area contributed by atoms with E-state index < -0.39 is 30.0 Å². The van der Waals surface area contributed by atoms with Crippen LogP contribution in [0.1, 0.15) is 12.5 Å². The molecule has 1 heterocycles. The fraction of sp³-hybridized carbons (Fsp3) is 0.500. The molecule has 0 radical (unpaired) electrons. The van der Waals surface area contributed by atoms with Crippen LogP contribution in [0.15, 0.2) is 18.2 Å². The summed E-state index contributed by atoms with van der Waals surface area (Å²) in [7, 11) is 0. The third kappa shape index (κ3) is 3.59. The number of halogens is 7. The Balaban J connectivity index is 2.04. The summed E-state index contributed by atoms with van der Waals surface area (Å²) < 4.78 is 98.5. The van der Waals surface area contributed by atoms with Crippen LogP contribution >= 0.6 is 0 Å². The number of hydrogen-bond donors (Lipinski definition) is 1. The largest absolute Gasteiger partial charge is 0.460 e. The second-order valence-corrected chi connectivity index (χ2v) is 5.41. The Hall–Kier alpha value is -2.20. The molecule has 0 aliphatic carbocycles. The summed E-state index contributed by atoms with van der Waals surface area (Å²) in [4.78, 5) is 11.3. The molecule has 4 nitrogen and oxygen atoms in total. The normalized spacial score (nSPS) is 15.8. The maximum Gasteiger partial charge on any atom is 0.460 e. The first-order valence-electron chi connectivity index (χ1n) is 6.88. The third-order valence-electron chi connectivity index (χ3n) is 3.39. The van der Waals surface area contributed by atoms with E-state index in [1.165, 1.54) is 30.4 Å². The van der Waals surface area contributed by atoms with E-state index in [2.05, 4.69) is 0 Å². The Kier molecular flexibility index (Phi) is 4.79. The number of fused-ring (bicyclic) bond motifs is 1. The summed E-state index contributed by atoms with van der Waals surface area (Å²) in [6.45, 7) is 1.17. The van der Waals surface area contributed by atoms with Crippen LogP contribution in [0.5, 0.6) is 11.5 Å². The third-order valence-corrected chi connectivity index (χ3v) is 3.39. The van der Waals surface area contributed by atoms with Gasteiger partial charge in [-0.1, -0.05) is 6.07 Å². The smallest absolute Gasteiger partial charge is 0.454 e. The quantitative estimate of drug-likeness (QED) is 0.804. The lowest BCUT2D eigenvalue weighted by atomic mass is 10.1. The number of rotatable bonds is 5. The maximum absolute atomic E-state index is 13.3. The van der Waals surface area contributed by atoms with Crippen LogP contribution in [-0.2, 0) is 11.2 Å².